The monoisotopic (exact) mass is 743 g/mol. The van der Waals surface area contributed by atoms with E-state index in [2.05, 4.69) is 21.9 Å². The molecular weight excluding hydrogens is 694 g/mol. The second-order valence-corrected chi connectivity index (χ2v) is 17.5. The number of rotatable bonds is 6. The van der Waals surface area contributed by atoms with E-state index in [1.165, 1.54) is 15.9 Å². The van der Waals surface area contributed by atoms with Crippen LogP contribution >= 0.6 is 0 Å². The van der Waals surface area contributed by atoms with Crippen molar-refractivity contribution >= 4 is 39.9 Å². The van der Waals surface area contributed by atoms with Crippen molar-refractivity contribution in [2.75, 3.05) is 19.8 Å². The number of hydrogen-bond acceptors (Lipinski definition) is 10. The standard InChI is InChI=1S/C36H49N5O10S/c1-5-23-18-36(23,32(44)39-52(47,48)25-13-14-25)38-30(42)27-17-24-20-41(27)31(43)29(35(2,3)4)37-33(45)50-16-9-7-6-8-15-49-28-12-10-11-22-19-40(21-26(22)28)34(46)51-24/h5,10-12,23-25,27,29H,1,6-9,13-21H2,2-4H3,(H,37,45)(H,38,42)(H,39,44)/t23-,24+,27?,29+,36-/m0/s1. The van der Waals surface area contributed by atoms with Crippen molar-refractivity contribution in [1.82, 2.24) is 25.2 Å². The highest BCUT2D eigenvalue weighted by atomic mass is 32.2. The van der Waals surface area contributed by atoms with Crippen molar-refractivity contribution < 1.29 is 46.6 Å². The molecule has 1 unspecified atom stereocenters. The molecule has 5 amide bonds. The van der Waals surface area contributed by atoms with Crippen molar-refractivity contribution in [1.29, 1.82) is 0 Å². The number of amides is 5. The number of carbonyl (C=O) groups excluding carboxylic acids is 5. The highest BCUT2D eigenvalue weighted by Gasteiger charge is 2.62. The molecule has 3 N–H and O–H groups in total. The lowest BCUT2D eigenvalue weighted by Gasteiger charge is -2.35. The van der Waals surface area contributed by atoms with Gasteiger partial charge in [0.25, 0.3) is 5.91 Å². The number of ether oxygens (including phenoxy) is 3. The minimum Gasteiger partial charge on any atom is -0.493 e. The molecule has 15 nitrogen and oxygen atoms in total. The van der Waals surface area contributed by atoms with Gasteiger partial charge in [0.2, 0.25) is 21.8 Å². The normalized spacial score (nSPS) is 28.7. The van der Waals surface area contributed by atoms with Crippen LogP contribution in [0.5, 0.6) is 5.75 Å². The number of alkyl carbamates (subject to hydrolysis) is 1. The van der Waals surface area contributed by atoms with E-state index in [1.54, 1.807) is 20.8 Å². The predicted octanol–water partition coefficient (Wildman–Crippen LogP) is 2.87. The van der Waals surface area contributed by atoms with Gasteiger partial charge in [0, 0.05) is 24.4 Å². The van der Waals surface area contributed by atoms with Crippen molar-refractivity contribution in [2.24, 2.45) is 11.3 Å². The third kappa shape index (κ3) is 8.01. The molecule has 3 heterocycles. The van der Waals surface area contributed by atoms with E-state index in [0.717, 1.165) is 30.4 Å². The number of carbonyl (C=O) groups is 5. The minimum absolute atomic E-state index is 0.101. The number of fused-ring (bicyclic) bond motifs is 3. The van der Waals surface area contributed by atoms with E-state index < -0.39 is 80.2 Å². The maximum absolute atomic E-state index is 14.4. The molecule has 1 aromatic carbocycles. The van der Waals surface area contributed by atoms with Gasteiger partial charge in [-0.25, -0.2) is 18.0 Å². The molecule has 2 saturated carbocycles. The fourth-order valence-corrected chi connectivity index (χ4v) is 8.51. The zero-order valence-electron chi connectivity index (χ0n) is 30.0. The zero-order chi connectivity index (χ0) is 37.4. The number of hydrogen-bond donors (Lipinski definition) is 3. The minimum atomic E-state index is -3.91. The first-order valence-electron chi connectivity index (χ1n) is 18.1. The topological polar surface area (TPSA) is 190 Å². The van der Waals surface area contributed by atoms with E-state index in [0.29, 0.717) is 38.2 Å². The lowest BCUT2D eigenvalue weighted by molar-refractivity contribution is -0.142. The van der Waals surface area contributed by atoms with E-state index >= 15 is 0 Å². The Balaban J connectivity index is 1.26. The molecule has 3 fully saturated rings. The Morgan fingerprint density at radius 3 is 2.40 bits per heavy atom. The summed E-state index contributed by atoms with van der Waals surface area (Å²) >= 11 is 0. The molecule has 0 radical (unpaired) electrons. The first kappa shape index (κ1) is 37.4. The van der Waals surface area contributed by atoms with Crippen LogP contribution < -0.4 is 20.1 Å². The van der Waals surface area contributed by atoms with E-state index in [9.17, 15) is 32.4 Å². The van der Waals surface area contributed by atoms with Crippen LogP contribution in [0.25, 0.3) is 0 Å². The highest BCUT2D eigenvalue weighted by molar-refractivity contribution is 7.91. The number of nitrogens with one attached hydrogen (secondary N) is 3. The predicted molar refractivity (Wildman–Crippen MR) is 187 cm³/mol. The summed E-state index contributed by atoms with van der Waals surface area (Å²) < 4.78 is 44.9. The second-order valence-electron chi connectivity index (χ2n) is 15.5. The van der Waals surface area contributed by atoms with Crippen molar-refractivity contribution in [3.05, 3.63) is 42.0 Å². The van der Waals surface area contributed by atoms with Gasteiger partial charge in [-0.2, -0.15) is 0 Å². The lowest BCUT2D eigenvalue weighted by atomic mass is 9.85. The SMILES string of the molecule is C=C[C@H]1C[C@@]1(NC(=O)C1C[C@@H]2CN1C(=O)[C@H](C(C)(C)C)NC(=O)OCCCCCCOc1cccc3c1CN(C3)C(=O)O2)C(=O)NS(=O)(=O)C1CC1. The molecule has 3 aliphatic heterocycles. The maximum Gasteiger partial charge on any atom is 0.410 e. The zero-order valence-corrected chi connectivity index (χ0v) is 30.8. The Morgan fingerprint density at radius 1 is 1.04 bits per heavy atom. The summed E-state index contributed by atoms with van der Waals surface area (Å²) in [7, 11) is -3.91. The molecular formula is C36H49N5O10S. The molecule has 2 aliphatic carbocycles. The van der Waals surface area contributed by atoms with E-state index in [1.807, 2.05) is 18.2 Å². The van der Waals surface area contributed by atoms with Gasteiger partial charge in [-0.15, -0.1) is 6.58 Å². The summed E-state index contributed by atoms with van der Waals surface area (Å²) in [4.78, 5) is 71.3. The fourth-order valence-electron chi connectivity index (χ4n) is 7.15. The number of sulfonamides is 1. The Hall–Kier alpha value is -4.34. The van der Waals surface area contributed by atoms with Crippen LogP contribution in [0, 0.1) is 11.3 Å². The molecule has 1 aromatic rings. The van der Waals surface area contributed by atoms with Gasteiger partial charge < -0.3 is 29.7 Å². The van der Waals surface area contributed by atoms with Crippen molar-refractivity contribution in [2.45, 2.75) is 114 Å². The third-order valence-electron chi connectivity index (χ3n) is 10.5. The summed E-state index contributed by atoms with van der Waals surface area (Å²) in [5, 5.41) is 4.77. The van der Waals surface area contributed by atoms with Crippen molar-refractivity contribution in [3.8, 4) is 5.75 Å². The highest BCUT2D eigenvalue weighted by Crippen LogP contribution is 2.45. The largest absolute Gasteiger partial charge is 0.493 e. The van der Waals surface area contributed by atoms with Crippen LogP contribution in [0.3, 0.4) is 0 Å². The number of cyclic esters (lactones) is 1. The van der Waals surface area contributed by atoms with Gasteiger partial charge in [-0.1, -0.05) is 39.0 Å². The summed E-state index contributed by atoms with van der Waals surface area (Å²) in [6, 6.07) is 3.32. The van der Waals surface area contributed by atoms with Gasteiger partial charge >= 0.3 is 12.2 Å². The summed E-state index contributed by atoms with van der Waals surface area (Å²) in [6.45, 7) is 10.1. The number of benzene rings is 1. The van der Waals surface area contributed by atoms with Crippen LogP contribution in [0.15, 0.2) is 30.9 Å². The second kappa shape index (κ2) is 14.6. The average molecular weight is 744 g/mol. The molecule has 0 aromatic heterocycles. The van der Waals surface area contributed by atoms with Crippen LogP contribution in [0.1, 0.15) is 83.3 Å². The summed E-state index contributed by atoms with van der Waals surface area (Å²) in [5.41, 5.74) is -0.584. The Labute approximate surface area is 304 Å². The van der Waals surface area contributed by atoms with Gasteiger partial charge in [0.1, 0.15) is 29.5 Å². The summed E-state index contributed by atoms with van der Waals surface area (Å²) in [6.07, 6.45) is 3.14. The van der Waals surface area contributed by atoms with Gasteiger partial charge in [0.15, 0.2) is 0 Å². The molecule has 0 spiro atoms. The molecule has 4 bridgehead atoms. The first-order chi connectivity index (χ1) is 24.6. The quantitative estimate of drug-likeness (QED) is 0.366. The Kier molecular flexibility index (Phi) is 10.5. The lowest BCUT2D eigenvalue weighted by Crippen LogP contribution is -2.60. The van der Waals surface area contributed by atoms with Gasteiger partial charge in [0.05, 0.1) is 31.6 Å². The molecule has 284 valence electrons. The van der Waals surface area contributed by atoms with Gasteiger partial charge in [-0.3, -0.25) is 24.0 Å². The molecule has 52 heavy (non-hydrogen) atoms. The van der Waals surface area contributed by atoms with Crippen LogP contribution in [-0.4, -0.2) is 96.9 Å². The smallest absolute Gasteiger partial charge is 0.410 e. The van der Waals surface area contributed by atoms with Crippen LogP contribution in [0.2, 0.25) is 0 Å². The fraction of sp³-hybridized carbons (Fsp3) is 0.639. The van der Waals surface area contributed by atoms with Crippen molar-refractivity contribution in [3.63, 3.8) is 0 Å². The Bertz CT molecular complexity index is 1720. The van der Waals surface area contributed by atoms with Crippen LogP contribution in [-0.2, 0) is 47.0 Å². The van der Waals surface area contributed by atoms with E-state index in [-0.39, 0.29) is 32.5 Å². The Morgan fingerprint density at radius 2 is 1.75 bits per heavy atom. The van der Waals surface area contributed by atoms with Gasteiger partial charge in [-0.05, 0) is 62.0 Å². The van der Waals surface area contributed by atoms with E-state index in [4.69, 9.17) is 14.2 Å². The molecule has 1 saturated heterocycles. The maximum atomic E-state index is 14.4. The average Bonchev–Trinajstić information content (AvgIpc) is 3.97. The molecule has 5 atom stereocenters. The molecule has 16 heteroatoms. The van der Waals surface area contributed by atoms with Crippen LogP contribution in [0.4, 0.5) is 9.59 Å². The molecule has 6 rings (SSSR count). The first-order valence-corrected chi connectivity index (χ1v) is 19.6. The summed E-state index contributed by atoms with van der Waals surface area (Å²) in [5.74, 6) is -2.05. The third-order valence-corrected chi connectivity index (χ3v) is 12.3. The number of nitrogens with zero attached hydrogens (tertiary/aromatic N) is 2. The molecule has 5 aliphatic rings.